The van der Waals surface area contributed by atoms with Crippen LogP contribution >= 0.6 is 0 Å². The molecule has 0 aliphatic carbocycles. The van der Waals surface area contributed by atoms with Crippen molar-refractivity contribution in [1.29, 1.82) is 0 Å². The van der Waals surface area contributed by atoms with Crippen molar-refractivity contribution in [2.75, 3.05) is 0 Å². The Labute approximate surface area is 101 Å². The Morgan fingerprint density at radius 2 is 2.00 bits per heavy atom. The Balaban J connectivity index is 3.07. The fourth-order valence-electron chi connectivity index (χ4n) is 1.43. The lowest BCUT2D eigenvalue weighted by molar-refractivity contribution is -0.118. The van der Waals surface area contributed by atoms with Crippen molar-refractivity contribution in [1.82, 2.24) is 5.43 Å². The van der Waals surface area contributed by atoms with E-state index in [1.165, 1.54) is 6.92 Å². The molecule has 4 nitrogen and oxygen atoms in total. The number of hydrogen-bond donors (Lipinski definition) is 2. The molecular weight excluding hydrogens is 216 g/mol. The molecule has 2 N–H and O–H groups in total. The third-order valence-electron chi connectivity index (χ3n) is 2.46. The number of rotatable bonds is 3. The lowest BCUT2D eigenvalue weighted by atomic mass is 9.99. The number of aromatic hydroxyl groups is 1. The van der Waals surface area contributed by atoms with Gasteiger partial charge in [-0.25, -0.2) is 5.43 Å². The van der Waals surface area contributed by atoms with Gasteiger partial charge in [-0.3, -0.25) is 4.79 Å². The molecule has 0 aliphatic heterocycles. The van der Waals surface area contributed by atoms with Crippen LogP contribution in [0, 0.1) is 0 Å². The number of nitrogens with zero attached hydrogens (tertiary/aromatic N) is 1. The predicted octanol–water partition coefficient (Wildman–Crippen LogP) is 2.38. The molecule has 0 bridgehead atoms. The summed E-state index contributed by atoms with van der Waals surface area (Å²) in [5.41, 5.74) is 4.71. The van der Waals surface area contributed by atoms with Gasteiger partial charge in [-0.15, -0.1) is 0 Å². The number of carbonyl (C=O) groups excluding carboxylic acids is 1. The third-order valence-corrected chi connectivity index (χ3v) is 2.46. The Morgan fingerprint density at radius 3 is 2.53 bits per heavy atom. The van der Waals surface area contributed by atoms with Crippen LogP contribution in [-0.4, -0.2) is 16.7 Å². The van der Waals surface area contributed by atoms with E-state index in [2.05, 4.69) is 24.4 Å². The van der Waals surface area contributed by atoms with E-state index in [1.807, 2.05) is 12.1 Å². The molecule has 1 rings (SSSR count). The molecule has 0 heterocycles. The maximum absolute atomic E-state index is 10.8. The molecule has 0 spiro atoms. The molecule has 92 valence electrons. The lowest BCUT2D eigenvalue weighted by Gasteiger charge is -2.10. The zero-order valence-electron chi connectivity index (χ0n) is 10.6. The molecule has 1 aromatic rings. The first-order valence-electron chi connectivity index (χ1n) is 5.56. The van der Waals surface area contributed by atoms with Crippen LogP contribution in [0.25, 0.3) is 0 Å². The highest BCUT2D eigenvalue weighted by Gasteiger charge is 2.08. The van der Waals surface area contributed by atoms with Gasteiger partial charge in [0.05, 0.1) is 5.71 Å². The van der Waals surface area contributed by atoms with Crippen LogP contribution < -0.4 is 5.43 Å². The number of nitrogens with one attached hydrogen (secondary N) is 1. The smallest absolute Gasteiger partial charge is 0.236 e. The van der Waals surface area contributed by atoms with Gasteiger partial charge in [-0.05, 0) is 30.5 Å². The van der Waals surface area contributed by atoms with E-state index in [0.29, 0.717) is 17.2 Å². The van der Waals surface area contributed by atoms with Crippen LogP contribution in [0.15, 0.2) is 23.3 Å². The molecule has 0 radical (unpaired) electrons. The topological polar surface area (TPSA) is 61.7 Å². The quantitative estimate of drug-likeness (QED) is 0.623. The monoisotopic (exact) mass is 234 g/mol. The normalized spacial score (nSPS) is 11.7. The number of hydrazone groups is 1. The molecule has 0 unspecified atom stereocenters. The van der Waals surface area contributed by atoms with E-state index in [1.54, 1.807) is 13.0 Å². The average molecular weight is 234 g/mol. The largest absolute Gasteiger partial charge is 0.507 e. The molecule has 1 aromatic carbocycles. The molecule has 0 atom stereocenters. The Hall–Kier alpha value is -1.84. The van der Waals surface area contributed by atoms with Crippen LogP contribution in [0.3, 0.4) is 0 Å². The second-order valence-electron chi connectivity index (χ2n) is 4.30. The zero-order valence-corrected chi connectivity index (χ0v) is 10.6. The molecule has 4 heteroatoms. The number of hydrogen-bond acceptors (Lipinski definition) is 3. The van der Waals surface area contributed by atoms with Gasteiger partial charge in [0, 0.05) is 12.5 Å². The van der Waals surface area contributed by atoms with Gasteiger partial charge in [0.1, 0.15) is 5.75 Å². The first-order valence-corrected chi connectivity index (χ1v) is 5.56. The summed E-state index contributed by atoms with van der Waals surface area (Å²) in [6, 6.07) is 5.42. The fourth-order valence-corrected chi connectivity index (χ4v) is 1.43. The van der Waals surface area contributed by atoms with E-state index >= 15 is 0 Å². The second kappa shape index (κ2) is 5.48. The molecule has 0 fully saturated rings. The maximum atomic E-state index is 10.8. The molecular formula is C13H18N2O2. The molecule has 1 amide bonds. The van der Waals surface area contributed by atoms with Gasteiger partial charge >= 0.3 is 0 Å². The Kier molecular flexibility index (Phi) is 4.26. The van der Waals surface area contributed by atoms with Gasteiger partial charge in [-0.1, -0.05) is 19.9 Å². The minimum atomic E-state index is -0.233. The number of amides is 1. The summed E-state index contributed by atoms with van der Waals surface area (Å²) in [4.78, 5) is 10.8. The van der Waals surface area contributed by atoms with E-state index in [0.717, 1.165) is 5.56 Å². The summed E-state index contributed by atoms with van der Waals surface area (Å²) in [5.74, 6) is 0.313. The van der Waals surface area contributed by atoms with E-state index in [9.17, 15) is 9.90 Å². The lowest BCUT2D eigenvalue weighted by Crippen LogP contribution is -2.15. The Morgan fingerprint density at radius 1 is 1.35 bits per heavy atom. The average Bonchev–Trinajstić information content (AvgIpc) is 2.26. The van der Waals surface area contributed by atoms with Gasteiger partial charge in [0.15, 0.2) is 0 Å². The summed E-state index contributed by atoms with van der Waals surface area (Å²) in [7, 11) is 0. The zero-order chi connectivity index (χ0) is 13.0. The highest BCUT2D eigenvalue weighted by atomic mass is 16.3. The van der Waals surface area contributed by atoms with Crippen LogP contribution in [-0.2, 0) is 4.79 Å². The minimum Gasteiger partial charge on any atom is -0.507 e. The van der Waals surface area contributed by atoms with Crippen molar-refractivity contribution in [3.8, 4) is 5.75 Å². The molecule has 0 aromatic heterocycles. The van der Waals surface area contributed by atoms with Crippen molar-refractivity contribution < 1.29 is 9.90 Å². The minimum absolute atomic E-state index is 0.168. The maximum Gasteiger partial charge on any atom is 0.236 e. The number of carbonyl (C=O) groups is 1. The van der Waals surface area contributed by atoms with Crippen LogP contribution in [0.5, 0.6) is 5.75 Å². The van der Waals surface area contributed by atoms with Gasteiger partial charge in [0.25, 0.3) is 0 Å². The fraction of sp³-hybridized carbons (Fsp3) is 0.385. The number of benzene rings is 1. The second-order valence-corrected chi connectivity index (χ2v) is 4.30. The highest BCUT2D eigenvalue weighted by molar-refractivity contribution is 6.01. The van der Waals surface area contributed by atoms with E-state index in [-0.39, 0.29) is 11.7 Å². The molecule has 0 saturated carbocycles. The highest BCUT2D eigenvalue weighted by Crippen LogP contribution is 2.23. The van der Waals surface area contributed by atoms with Gasteiger partial charge < -0.3 is 5.11 Å². The summed E-state index contributed by atoms with van der Waals surface area (Å²) in [6.45, 7) is 7.29. The molecule has 17 heavy (non-hydrogen) atoms. The summed E-state index contributed by atoms with van der Waals surface area (Å²) >= 11 is 0. The Bertz CT molecular complexity index is 451. The SMILES string of the molecule is CC(=O)N/N=C(\C)c1cc(C(C)C)ccc1O. The van der Waals surface area contributed by atoms with Gasteiger partial charge in [-0.2, -0.15) is 5.10 Å². The summed E-state index contributed by atoms with van der Waals surface area (Å²) < 4.78 is 0. The van der Waals surface area contributed by atoms with Crippen molar-refractivity contribution in [3.63, 3.8) is 0 Å². The van der Waals surface area contributed by atoms with Gasteiger partial charge in [0.2, 0.25) is 5.91 Å². The third kappa shape index (κ3) is 3.59. The van der Waals surface area contributed by atoms with E-state index in [4.69, 9.17) is 0 Å². The first kappa shape index (κ1) is 13.2. The number of phenols is 1. The standard InChI is InChI=1S/C13H18N2O2/c1-8(2)11-5-6-13(17)12(7-11)9(3)14-15-10(4)16/h5-8,17H,1-4H3,(H,15,16)/b14-9+. The van der Waals surface area contributed by atoms with Crippen molar-refractivity contribution >= 4 is 11.6 Å². The van der Waals surface area contributed by atoms with Crippen LogP contribution in [0.4, 0.5) is 0 Å². The molecule has 0 aliphatic rings. The van der Waals surface area contributed by atoms with E-state index < -0.39 is 0 Å². The van der Waals surface area contributed by atoms with Crippen LogP contribution in [0.1, 0.15) is 44.7 Å². The summed E-state index contributed by atoms with van der Waals surface area (Å²) in [6.07, 6.45) is 0. The first-order chi connectivity index (χ1) is 7.91. The van der Waals surface area contributed by atoms with Crippen molar-refractivity contribution in [3.05, 3.63) is 29.3 Å². The van der Waals surface area contributed by atoms with Crippen LogP contribution in [0.2, 0.25) is 0 Å². The number of phenolic OH excluding ortho intramolecular Hbond substituents is 1. The molecule has 0 saturated heterocycles. The van der Waals surface area contributed by atoms with Crippen molar-refractivity contribution in [2.45, 2.75) is 33.6 Å². The summed E-state index contributed by atoms with van der Waals surface area (Å²) in [5, 5.41) is 13.7. The predicted molar refractivity (Wildman–Crippen MR) is 68.2 cm³/mol. The van der Waals surface area contributed by atoms with Crippen molar-refractivity contribution in [2.24, 2.45) is 5.10 Å².